The largest absolute Gasteiger partial charge is 0.445 e. The summed E-state index contributed by atoms with van der Waals surface area (Å²) >= 11 is 0. The van der Waals surface area contributed by atoms with Gasteiger partial charge >= 0.3 is 6.09 Å². The molecule has 2 aromatic carbocycles. The maximum Gasteiger partial charge on any atom is 0.408 e. The summed E-state index contributed by atoms with van der Waals surface area (Å²) < 4.78 is 5.20. The topological polar surface area (TPSA) is 87.7 Å². The van der Waals surface area contributed by atoms with Gasteiger partial charge in [-0.15, -0.1) is 0 Å². The van der Waals surface area contributed by atoms with Gasteiger partial charge in [-0.05, 0) is 24.5 Å². The fourth-order valence-electron chi connectivity index (χ4n) is 3.72. The van der Waals surface area contributed by atoms with Crippen molar-refractivity contribution in [1.82, 2.24) is 15.5 Å². The van der Waals surface area contributed by atoms with Crippen molar-refractivity contribution >= 4 is 17.9 Å². The van der Waals surface area contributed by atoms with Crippen molar-refractivity contribution in [2.45, 2.75) is 38.0 Å². The lowest BCUT2D eigenvalue weighted by atomic mass is 9.77. The zero-order chi connectivity index (χ0) is 21.6. The summed E-state index contributed by atoms with van der Waals surface area (Å²) in [5.74, 6) is -0.512. The van der Waals surface area contributed by atoms with Gasteiger partial charge in [0.25, 0.3) is 0 Å². The van der Waals surface area contributed by atoms with Gasteiger partial charge in [0.2, 0.25) is 11.8 Å². The predicted molar refractivity (Wildman–Crippen MR) is 112 cm³/mol. The highest BCUT2D eigenvalue weighted by Crippen LogP contribution is 2.35. The Balaban J connectivity index is 1.63. The number of ether oxygens (including phenoxy) is 1. The first-order chi connectivity index (χ1) is 14.5. The SMILES string of the molecule is CNC(=O)C1(Cc2ccccc2)CCN1C(=O)[C@H](C)NC(=O)OCc1ccccc1. The third kappa shape index (κ3) is 4.62. The lowest BCUT2D eigenvalue weighted by Crippen LogP contribution is -2.71. The average Bonchev–Trinajstić information content (AvgIpc) is 2.76. The van der Waals surface area contributed by atoms with Crippen LogP contribution in [0.5, 0.6) is 0 Å². The molecular formula is C23H27N3O4. The van der Waals surface area contributed by atoms with E-state index in [4.69, 9.17) is 4.74 Å². The van der Waals surface area contributed by atoms with Crippen LogP contribution < -0.4 is 10.6 Å². The van der Waals surface area contributed by atoms with E-state index in [0.29, 0.717) is 19.4 Å². The van der Waals surface area contributed by atoms with Gasteiger partial charge in [-0.3, -0.25) is 9.59 Å². The van der Waals surface area contributed by atoms with Crippen molar-refractivity contribution in [2.75, 3.05) is 13.6 Å². The number of alkyl carbamates (subject to hydrolysis) is 1. The van der Waals surface area contributed by atoms with Gasteiger partial charge in [0.05, 0.1) is 0 Å². The van der Waals surface area contributed by atoms with E-state index in [2.05, 4.69) is 10.6 Å². The third-order valence-corrected chi connectivity index (χ3v) is 5.44. The van der Waals surface area contributed by atoms with Crippen LogP contribution in [0.25, 0.3) is 0 Å². The van der Waals surface area contributed by atoms with Crippen molar-refractivity contribution in [3.8, 4) is 0 Å². The van der Waals surface area contributed by atoms with Gasteiger partial charge in [0.15, 0.2) is 0 Å². The van der Waals surface area contributed by atoms with E-state index in [0.717, 1.165) is 11.1 Å². The number of hydrogen-bond donors (Lipinski definition) is 2. The van der Waals surface area contributed by atoms with Crippen LogP contribution >= 0.6 is 0 Å². The second kappa shape index (κ2) is 9.43. The highest BCUT2D eigenvalue weighted by atomic mass is 16.5. The fourth-order valence-corrected chi connectivity index (χ4v) is 3.72. The van der Waals surface area contributed by atoms with E-state index in [-0.39, 0.29) is 18.4 Å². The zero-order valence-corrected chi connectivity index (χ0v) is 17.3. The number of likely N-dealkylation sites (N-methyl/N-ethyl adjacent to an activating group) is 1. The predicted octanol–water partition coefficient (Wildman–Crippen LogP) is 2.26. The van der Waals surface area contributed by atoms with E-state index in [1.54, 1.807) is 18.9 Å². The number of hydrogen-bond acceptors (Lipinski definition) is 4. The Hall–Kier alpha value is -3.35. The van der Waals surface area contributed by atoms with E-state index in [9.17, 15) is 14.4 Å². The molecule has 1 heterocycles. The van der Waals surface area contributed by atoms with Crippen LogP contribution in [-0.4, -0.2) is 48.0 Å². The first kappa shape index (κ1) is 21.4. The summed E-state index contributed by atoms with van der Waals surface area (Å²) in [7, 11) is 1.57. The van der Waals surface area contributed by atoms with E-state index in [1.807, 2.05) is 60.7 Å². The molecule has 0 aromatic heterocycles. The van der Waals surface area contributed by atoms with E-state index < -0.39 is 17.7 Å². The number of rotatable bonds is 7. The minimum absolute atomic E-state index is 0.119. The van der Waals surface area contributed by atoms with Crippen molar-refractivity contribution in [2.24, 2.45) is 0 Å². The van der Waals surface area contributed by atoms with Crippen LogP contribution in [0.3, 0.4) is 0 Å². The standard InChI is InChI=1S/C23H27N3O4/c1-17(25-22(29)30-16-19-11-7-4-8-12-19)20(27)26-14-13-23(26,21(28)24-2)15-18-9-5-3-6-10-18/h3-12,17H,13-16H2,1-2H3,(H,24,28)(H,25,29)/t17-,23?/m0/s1. The quantitative estimate of drug-likeness (QED) is 0.734. The Morgan fingerprint density at radius 3 is 2.17 bits per heavy atom. The molecule has 1 unspecified atom stereocenters. The fraction of sp³-hybridized carbons (Fsp3) is 0.348. The number of carbonyl (C=O) groups is 3. The number of benzene rings is 2. The summed E-state index contributed by atoms with van der Waals surface area (Å²) in [6, 6.07) is 18.1. The Labute approximate surface area is 176 Å². The lowest BCUT2D eigenvalue weighted by Gasteiger charge is -2.52. The summed E-state index contributed by atoms with van der Waals surface area (Å²) in [5.41, 5.74) is 0.884. The van der Waals surface area contributed by atoms with Crippen LogP contribution in [0.15, 0.2) is 60.7 Å². The number of nitrogens with one attached hydrogen (secondary N) is 2. The molecule has 1 fully saturated rings. The molecule has 1 saturated heterocycles. The molecule has 0 bridgehead atoms. The molecule has 0 spiro atoms. The number of likely N-dealkylation sites (tertiary alicyclic amines) is 1. The van der Waals surface area contributed by atoms with Gasteiger partial charge in [-0.2, -0.15) is 0 Å². The van der Waals surface area contributed by atoms with Gasteiger partial charge in [0, 0.05) is 20.0 Å². The van der Waals surface area contributed by atoms with Crippen molar-refractivity contribution < 1.29 is 19.1 Å². The van der Waals surface area contributed by atoms with Gasteiger partial charge in [0.1, 0.15) is 18.2 Å². The van der Waals surface area contributed by atoms with Crippen molar-refractivity contribution in [3.63, 3.8) is 0 Å². The van der Waals surface area contributed by atoms with Crippen LogP contribution in [0.4, 0.5) is 4.79 Å². The maximum absolute atomic E-state index is 13.0. The third-order valence-electron chi connectivity index (χ3n) is 5.44. The molecule has 7 heteroatoms. The molecule has 2 atom stereocenters. The van der Waals surface area contributed by atoms with Crippen LogP contribution in [0.2, 0.25) is 0 Å². The molecule has 0 aliphatic carbocycles. The molecule has 0 saturated carbocycles. The molecule has 3 amide bonds. The molecular weight excluding hydrogens is 382 g/mol. The maximum atomic E-state index is 13.0. The highest BCUT2D eigenvalue weighted by molar-refractivity contribution is 5.95. The summed E-state index contributed by atoms with van der Waals surface area (Å²) in [6.07, 6.45) is 0.317. The molecule has 7 nitrogen and oxygen atoms in total. The second-order valence-electron chi connectivity index (χ2n) is 7.44. The van der Waals surface area contributed by atoms with E-state index >= 15 is 0 Å². The molecule has 30 heavy (non-hydrogen) atoms. The number of carbonyl (C=O) groups excluding carboxylic acids is 3. The first-order valence-corrected chi connectivity index (χ1v) is 10.0. The zero-order valence-electron chi connectivity index (χ0n) is 17.3. The van der Waals surface area contributed by atoms with Gasteiger partial charge < -0.3 is 20.3 Å². The van der Waals surface area contributed by atoms with E-state index in [1.165, 1.54) is 0 Å². The van der Waals surface area contributed by atoms with Crippen molar-refractivity contribution in [3.05, 3.63) is 71.8 Å². The normalized spacial score (nSPS) is 18.7. The summed E-state index contributed by atoms with van der Waals surface area (Å²) in [5, 5.41) is 5.26. The first-order valence-electron chi connectivity index (χ1n) is 10.0. The molecule has 158 valence electrons. The smallest absolute Gasteiger partial charge is 0.408 e. The Morgan fingerprint density at radius 2 is 1.63 bits per heavy atom. The summed E-state index contributed by atoms with van der Waals surface area (Å²) in [4.78, 5) is 39.4. The second-order valence-corrected chi connectivity index (χ2v) is 7.44. The summed E-state index contributed by atoms with van der Waals surface area (Å²) in [6.45, 7) is 2.18. The minimum atomic E-state index is -0.947. The monoisotopic (exact) mass is 409 g/mol. The van der Waals surface area contributed by atoms with Crippen LogP contribution in [-0.2, 0) is 27.4 Å². The highest BCUT2D eigenvalue weighted by Gasteiger charge is 2.53. The average molecular weight is 409 g/mol. The lowest BCUT2D eigenvalue weighted by molar-refractivity contribution is -0.160. The molecule has 1 aliphatic rings. The van der Waals surface area contributed by atoms with Crippen molar-refractivity contribution in [1.29, 1.82) is 0 Å². The minimum Gasteiger partial charge on any atom is -0.445 e. The molecule has 0 radical (unpaired) electrons. The Morgan fingerprint density at radius 1 is 1.03 bits per heavy atom. The Kier molecular flexibility index (Phi) is 6.72. The molecule has 2 N–H and O–H groups in total. The van der Waals surface area contributed by atoms with Crippen LogP contribution in [0.1, 0.15) is 24.5 Å². The van der Waals surface area contributed by atoms with Crippen LogP contribution in [0, 0.1) is 0 Å². The van der Waals surface area contributed by atoms with Gasteiger partial charge in [-0.1, -0.05) is 60.7 Å². The Bertz CT molecular complexity index is 888. The molecule has 2 aromatic rings. The number of amides is 3. The molecule has 3 rings (SSSR count). The number of nitrogens with zero attached hydrogens (tertiary/aromatic N) is 1. The molecule has 1 aliphatic heterocycles. The van der Waals surface area contributed by atoms with Gasteiger partial charge in [-0.25, -0.2) is 4.79 Å².